The Morgan fingerprint density at radius 2 is 1.04 bits per heavy atom. The fourth-order valence-corrected chi connectivity index (χ4v) is 1.79. The van der Waals surface area contributed by atoms with Gasteiger partial charge in [-0.2, -0.15) is 17.6 Å². The van der Waals surface area contributed by atoms with Crippen molar-refractivity contribution in [3.05, 3.63) is 12.2 Å². The predicted octanol–water partition coefficient (Wildman–Crippen LogP) is 3.18. The lowest BCUT2D eigenvalue weighted by molar-refractivity contribution is -0.245. The molecular weight excluding hydrogens is 386 g/mol. The fraction of sp³-hybridized carbons (Fsp3) is 0.636. The van der Waals surface area contributed by atoms with E-state index >= 15 is 0 Å². The molecule has 0 rings (SSSR count). The van der Waals surface area contributed by atoms with Gasteiger partial charge < -0.3 is 10.2 Å². The molecule has 2 N–H and O–H groups in total. The Morgan fingerprint density at radius 1 is 0.760 bits per heavy atom. The fourth-order valence-electron chi connectivity index (χ4n) is 1.79. The SMILES string of the molecule is C=C(C(=O)O)C(C(=O)O)(C(F)C(F)(F)C(F)F)C(F)C(F)(F)C(F)F. The summed E-state index contributed by atoms with van der Waals surface area (Å²) in [5, 5.41) is 17.2. The highest BCUT2D eigenvalue weighted by molar-refractivity contribution is 5.97. The van der Waals surface area contributed by atoms with E-state index in [9.17, 15) is 53.5 Å². The topological polar surface area (TPSA) is 74.6 Å². The van der Waals surface area contributed by atoms with E-state index in [0.29, 0.717) is 0 Å². The Labute approximate surface area is 131 Å². The maximum atomic E-state index is 13.9. The van der Waals surface area contributed by atoms with E-state index in [1.165, 1.54) is 0 Å². The summed E-state index contributed by atoms with van der Waals surface area (Å²) in [7, 11) is 0. The Hall–Kier alpha value is -2.02. The van der Waals surface area contributed by atoms with Crippen LogP contribution in [0.2, 0.25) is 0 Å². The summed E-state index contributed by atoms with van der Waals surface area (Å²) in [6.07, 6.45) is -20.6. The molecule has 25 heavy (non-hydrogen) atoms. The molecule has 0 aliphatic rings. The van der Waals surface area contributed by atoms with Gasteiger partial charge >= 0.3 is 36.6 Å². The smallest absolute Gasteiger partial charge is 0.339 e. The van der Waals surface area contributed by atoms with E-state index in [1.54, 1.807) is 0 Å². The predicted molar refractivity (Wildman–Crippen MR) is 58.5 cm³/mol. The van der Waals surface area contributed by atoms with Gasteiger partial charge in [0.15, 0.2) is 17.8 Å². The maximum absolute atomic E-state index is 13.9. The van der Waals surface area contributed by atoms with E-state index in [1.807, 2.05) is 0 Å². The molecule has 0 saturated carbocycles. The van der Waals surface area contributed by atoms with E-state index in [-0.39, 0.29) is 0 Å². The Balaban J connectivity index is 6.84. The van der Waals surface area contributed by atoms with Gasteiger partial charge in [0.05, 0.1) is 5.57 Å². The molecule has 0 bridgehead atoms. The van der Waals surface area contributed by atoms with Crippen LogP contribution in [-0.2, 0) is 9.59 Å². The van der Waals surface area contributed by atoms with Crippen molar-refractivity contribution >= 4 is 11.9 Å². The van der Waals surface area contributed by atoms with Crippen molar-refractivity contribution in [3.63, 3.8) is 0 Å². The van der Waals surface area contributed by atoms with Gasteiger partial charge in [-0.15, -0.1) is 0 Å². The largest absolute Gasteiger partial charge is 0.480 e. The number of carboxylic acids is 2. The quantitative estimate of drug-likeness (QED) is 0.466. The molecule has 146 valence electrons. The highest BCUT2D eigenvalue weighted by atomic mass is 19.3. The lowest BCUT2D eigenvalue weighted by Gasteiger charge is -2.40. The Kier molecular flexibility index (Phi) is 6.50. The third kappa shape index (κ3) is 3.51. The van der Waals surface area contributed by atoms with Crippen LogP contribution in [-0.4, -0.2) is 59.2 Å². The van der Waals surface area contributed by atoms with Gasteiger partial charge in [0, 0.05) is 0 Å². The number of carboxylic acid groups (broad SMARTS) is 2. The van der Waals surface area contributed by atoms with Crippen molar-refractivity contribution in [2.75, 3.05) is 0 Å². The lowest BCUT2D eigenvalue weighted by atomic mass is 9.68. The van der Waals surface area contributed by atoms with Crippen LogP contribution in [0.25, 0.3) is 0 Å². The summed E-state index contributed by atoms with van der Waals surface area (Å²) in [4.78, 5) is 21.7. The van der Waals surface area contributed by atoms with Crippen molar-refractivity contribution in [1.82, 2.24) is 0 Å². The van der Waals surface area contributed by atoms with Crippen molar-refractivity contribution in [3.8, 4) is 0 Å². The molecule has 4 nitrogen and oxygen atoms in total. The van der Waals surface area contributed by atoms with Gasteiger partial charge in [-0.05, 0) is 0 Å². The van der Waals surface area contributed by atoms with Crippen molar-refractivity contribution in [2.24, 2.45) is 5.41 Å². The van der Waals surface area contributed by atoms with Crippen LogP contribution in [0.5, 0.6) is 0 Å². The normalized spacial score (nSPS) is 17.9. The molecule has 0 radical (unpaired) electrons. The zero-order valence-corrected chi connectivity index (χ0v) is 11.5. The average Bonchev–Trinajstić information content (AvgIpc) is 2.46. The van der Waals surface area contributed by atoms with Crippen LogP contribution in [0.1, 0.15) is 0 Å². The van der Waals surface area contributed by atoms with E-state index in [0.717, 1.165) is 0 Å². The first kappa shape index (κ1) is 23.0. The van der Waals surface area contributed by atoms with E-state index in [2.05, 4.69) is 6.58 Å². The highest BCUT2D eigenvalue weighted by Crippen LogP contribution is 2.51. The van der Waals surface area contributed by atoms with Gasteiger partial charge in [0.1, 0.15) is 0 Å². The summed E-state index contributed by atoms with van der Waals surface area (Å²) in [5.41, 5.74) is -7.94. The van der Waals surface area contributed by atoms with Crippen LogP contribution >= 0.6 is 0 Å². The Bertz CT molecular complexity index is 521. The minimum Gasteiger partial charge on any atom is -0.480 e. The summed E-state index contributed by atoms with van der Waals surface area (Å²) in [6.45, 7) is 2.12. The second-order valence-electron chi connectivity index (χ2n) is 4.63. The molecule has 0 aromatic carbocycles. The first-order valence-electron chi connectivity index (χ1n) is 5.76. The molecule has 14 heteroatoms. The molecule has 0 aliphatic carbocycles. The van der Waals surface area contributed by atoms with Crippen molar-refractivity contribution in [2.45, 2.75) is 37.0 Å². The van der Waals surface area contributed by atoms with Gasteiger partial charge in [-0.1, -0.05) is 6.58 Å². The summed E-state index contributed by atoms with van der Waals surface area (Å²) in [6, 6.07) is 0. The number of hydrogen-bond donors (Lipinski definition) is 2. The molecule has 0 spiro atoms. The first-order valence-corrected chi connectivity index (χ1v) is 5.76. The second kappa shape index (κ2) is 7.07. The van der Waals surface area contributed by atoms with Crippen LogP contribution in [0.15, 0.2) is 12.2 Å². The van der Waals surface area contributed by atoms with Crippen LogP contribution < -0.4 is 0 Å². The average molecular weight is 394 g/mol. The summed E-state index contributed by atoms with van der Waals surface area (Å²) in [5.74, 6) is -18.7. The Morgan fingerprint density at radius 3 is 1.20 bits per heavy atom. The van der Waals surface area contributed by atoms with Crippen LogP contribution in [0, 0.1) is 5.41 Å². The van der Waals surface area contributed by atoms with Crippen molar-refractivity contribution in [1.29, 1.82) is 0 Å². The number of halogens is 10. The number of rotatable bonds is 9. The summed E-state index contributed by atoms with van der Waals surface area (Å²) >= 11 is 0. The molecule has 0 fully saturated rings. The second-order valence-corrected chi connectivity index (χ2v) is 4.63. The molecule has 0 heterocycles. The molecular formula is C11H8F10O4. The highest BCUT2D eigenvalue weighted by Gasteiger charge is 2.74. The number of alkyl halides is 10. The van der Waals surface area contributed by atoms with E-state index < -0.39 is 60.0 Å². The zero-order chi connectivity index (χ0) is 20.5. The monoisotopic (exact) mass is 394 g/mol. The summed E-state index contributed by atoms with van der Waals surface area (Å²) < 4.78 is 129. The molecule has 0 saturated heterocycles. The third-order valence-electron chi connectivity index (χ3n) is 3.17. The first-order chi connectivity index (χ1) is 11.0. The number of hydrogen-bond acceptors (Lipinski definition) is 2. The van der Waals surface area contributed by atoms with Gasteiger partial charge in [-0.3, -0.25) is 4.79 Å². The molecule has 0 amide bonds. The molecule has 2 unspecified atom stereocenters. The minimum atomic E-state index is -6.20. The van der Waals surface area contributed by atoms with Crippen molar-refractivity contribution < 1.29 is 63.7 Å². The lowest BCUT2D eigenvalue weighted by Crippen LogP contribution is -2.63. The van der Waals surface area contributed by atoms with Gasteiger partial charge in [-0.25, -0.2) is 31.1 Å². The molecule has 0 aliphatic heterocycles. The van der Waals surface area contributed by atoms with Crippen LogP contribution in [0.3, 0.4) is 0 Å². The van der Waals surface area contributed by atoms with Gasteiger partial charge in [0.2, 0.25) is 0 Å². The molecule has 0 aromatic heterocycles. The molecule has 2 atom stereocenters. The van der Waals surface area contributed by atoms with E-state index in [4.69, 9.17) is 10.2 Å². The number of aliphatic carboxylic acids is 2. The maximum Gasteiger partial charge on any atom is 0.339 e. The van der Waals surface area contributed by atoms with Crippen LogP contribution in [0.4, 0.5) is 43.9 Å². The minimum absolute atomic E-state index is 2.12. The van der Waals surface area contributed by atoms with Gasteiger partial charge in [0.25, 0.3) is 0 Å². The third-order valence-corrected chi connectivity index (χ3v) is 3.17. The number of carbonyl (C=O) groups is 2. The zero-order valence-electron chi connectivity index (χ0n) is 11.5. The standard InChI is InChI=1S/C11H8F10O4/c1-2(3(22)23)9(8(24)25,4(12)10(18,19)6(14)15)5(13)11(20,21)7(16)17/h4-7H,1H2,(H,22,23)(H,24,25). The molecule has 0 aromatic rings.